The molecule has 0 saturated carbocycles. The minimum atomic E-state index is -0.311. The van der Waals surface area contributed by atoms with E-state index in [-0.39, 0.29) is 18.3 Å². The number of hydrogen-bond acceptors (Lipinski definition) is 3. The van der Waals surface area contributed by atoms with Gasteiger partial charge in [-0.15, -0.1) is 0 Å². The zero-order chi connectivity index (χ0) is 13.6. The summed E-state index contributed by atoms with van der Waals surface area (Å²) in [7, 11) is -0.311. The molecule has 1 fully saturated rings. The predicted molar refractivity (Wildman–Crippen MR) is 74.1 cm³/mol. The maximum absolute atomic E-state index is 6.07. The first-order chi connectivity index (χ1) is 8.27. The van der Waals surface area contributed by atoms with Crippen molar-refractivity contribution < 1.29 is 9.31 Å². The second-order valence-electron chi connectivity index (χ2n) is 5.96. The van der Waals surface area contributed by atoms with Gasteiger partial charge in [0.05, 0.1) is 11.2 Å². The van der Waals surface area contributed by atoms with Crippen LogP contribution in [0.1, 0.15) is 45.9 Å². The van der Waals surface area contributed by atoms with Gasteiger partial charge < -0.3 is 9.31 Å². The molecule has 0 spiro atoms. The van der Waals surface area contributed by atoms with Crippen molar-refractivity contribution in [3.63, 3.8) is 0 Å². The summed E-state index contributed by atoms with van der Waals surface area (Å²) in [6.45, 7) is 12.4. The number of aromatic nitrogens is 1. The second-order valence-corrected chi connectivity index (χ2v) is 5.96. The number of aryl methyl sites for hydroxylation is 2. The van der Waals surface area contributed by atoms with E-state index in [4.69, 9.17) is 9.31 Å². The lowest BCUT2D eigenvalue weighted by atomic mass is 9.77. The van der Waals surface area contributed by atoms with Crippen LogP contribution in [0.2, 0.25) is 0 Å². The Kier molecular flexibility index (Phi) is 3.28. The number of pyridine rings is 1. The topological polar surface area (TPSA) is 31.4 Å². The Morgan fingerprint density at radius 2 is 1.72 bits per heavy atom. The van der Waals surface area contributed by atoms with Gasteiger partial charge in [-0.3, -0.25) is 4.98 Å². The fourth-order valence-corrected chi connectivity index (χ4v) is 2.00. The SMILES string of the molecule is CCc1cnc(C)c(B2OC(C)(C)C(C)(C)O2)c1. The summed E-state index contributed by atoms with van der Waals surface area (Å²) in [6, 6.07) is 2.14. The first kappa shape index (κ1) is 13.6. The largest absolute Gasteiger partial charge is 0.496 e. The molecule has 0 aliphatic carbocycles. The third kappa shape index (κ3) is 2.19. The van der Waals surface area contributed by atoms with Gasteiger partial charge in [-0.2, -0.15) is 0 Å². The molecule has 1 aromatic heterocycles. The van der Waals surface area contributed by atoms with Gasteiger partial charge in [-0.25, -0.2) is 0 Å². The van der Waals surface area contributed by atoms with Crippen molar-refractivity contribution in [2.75, 3.05) is 0 Å². The predicted octanol–water partition coefficient (Wildman–Crippen LogP) is 2.25. The molecular weight excluding hydrogens is 225 g/mol. The van der Waals surface area contributed by atoms with Crippen molar-refractivity contribution in [3.05, 3.63) is 23.5 Å². The highest BCUT2D eigenvalue weighted by Crippen LogP contribution is 2.36. The fraction of sp³-hybridized carbons (Fsp3) is 0.643. The average Bonchev–Trinajstić information content (AvgIpc) is 2.48. The van der Waals surface area contributed by atoms with Crippen LogP contribution in [-0.4, -0.2) is 23.3 Å². The lowest BCUT2D eigenvalue weighted by Gasteiger charge is -2.32. The molecular formula is C14H22BNO2. The van der Waals surface area contributed by atoms with E-state index in [0.29, 0.717) is 0 Å². The zero-order valence-electron chi connectivity index (χ0n) is 12.2. The zero-order valence-corrected chi connectivity index (χ0v) is 12.2. The molecule has 0 aromatic carbocycles. The quantitative estimate of drug-likeness (QED) is 0.751. The van der Waals surface area contributed by atoms with Crippen LogP contribution in [0.15, 0.2) is 12.3 Å². The third-order valence-corrected chi connectivity index (χ3v) is 4.10. The van der Waals surface area contributed by atoms with E-state index in [0.717, 1.165) is 17.6 Å². The standard InChI is InChI=1S/C14H22BNO2/c1-7-11-8-12(10(2)16-9-11)15-17-13(3,4)14(5,6)18-15/h8-9H,7H2,1-6H3. The summed E-state index contributed by atoms with van der Waals surface area (Å²) >= 11 is 0. The van der Waals surface area contributed by atoms with Gasteiger partial charge in [0.25, 0.3) is 0 Å². The lowest BCUT2D eigenvalue weighted by molar-refractivity contribution is 0.00578. The van der Waals surface area contributed by atoms with Crippen LogP contribution >= 0.6 is 0 Å². The Balaban J connectivity index is 2.34. The van der Waals surface area contributed by atoms with Crippen molar-refractivity contribution in [1.82, 2.24) is 4.98 Å². The molecule has 0 amide bonds. The van der Waals surface area contributed by atoms with Gasteiger partial charge >= 0.3 is 7.12 Å². The van der Waals surface area contributed by atoms with E-state index in [1.54, 1.807) is 0 Å². The minimum absolute atomic E-state index is 0.299. The maximum atomic E-state index is 6.07. The normalized spacial score (nSPS) is 21.3. The van der Waals surface area contributed by atoms with Crippen molar-refractivity contribution in [2.24, 2.45) is 0 Å². The monoisotopic (exact) mass is 247 g/mol. The number of rotatable bonds is 2. The van der Waals surface area contributed by atoms with E-state index in [1.807, 2.05) is 13.1 Å². The molecule has 0 N–H and O–H groups in total. The Morgan fingerprint density at radius 1 is 1.17 bits per heavy atom. The van der Waals surface area contributed by atoms with Crippen molar-refractivity contribution in [1.29, 1.82) is 0 Å². The Hall–Kier alpha value is -0.865. The van der Waals surface area contributed by atoms with Gasteiger partial charge in [0, 0.05) is 17.4 Å². The van der Waals surface area contributed by atoms with Gasteiger partial charge in [0.15, 0.2) is 0 Å². The van der Waals surface area contributed by atoms with Crippen molar-refractivity contribution in [3.8, 4) is 0 Å². The van der Waals surface area contributed by atoms with Crippen LogP contribution in [0.5, 0.6) is 0 Å². The van der Waals surface area contributed by atoms with E-state index < -0.39 is 0 Å². The Morgan fingerprint density at radius 3 is 2.22 bits per heavy atom. The highest BCUT2D eigenvalue weighted by molar-refractivity contribution is 6.62. The molecule has 1 aliphatic heterocycles. The number of nitrogens with zero attached hydrogens (tertiary/aromatic N) is 1. The molecule has 0 unspecified atom stereocenters. The molecule has 0 atom stereocenters. The van der Waals surface area contributed by atoms with Crippen LogP contribution < -0.4 is 5.46 Å². The lowest BCUT2D eigenvalue weighted by Crippen LogP contribution is -2.41. The first-order valence-electron chi connectivity index (χ1n) is 6.58. The van der Waals surface area contributed by atoms with Gasteiger partial charge in [-0.1, -0.05) is 13.0 Å². The molecule has 1 aromatic rings. The van der Waals surface area contributed by atoms with E-state index in [2.05, 4.69) is 45.7 Å². The van der Waals surface area contributed by atoms with E-state index in [9.17, 15) is 0 Å². The molecule has 18 heavy (non-hydrogen) atoms. The fourth-order valence-electron chi connectivity index (χ4n) is 2.00. The summed E-state index contributed by atoms with van der Waals surface area (Å²) in [4.78, 5) is 4.43. The number of hydrogen-bond donors (Lipinski definition) is 0. The van der Waals surface area contributed by atoms with Crippen molar-refractivity contribution in [2.45, 2.75) is 59.2 Å². The third-order valence-electron chi connectivity index (χ3n) is 4.10. The molecule has 0 radical (unpaired) electrons. The molecule has 98 valence electrons. The molecule has 4 heteroatoms. The Labute approximate surface area is 110 Å². The highest BCUT2D eigenvalue weighted by Gasteiger charge is 2.52. The first-order valence-corrected chi connectivity index (χ1v) is 6.58. The summed E-state index contributed by atoms with van der Waals surface area (Å²) in [5, 5.41) is 0. The summed E-state index contributed by atoms with van der Waals surface area (Å²) in [6.07, 6.45) is 2.89. The molecule has 3 nitrogen and oxygen atoms in total. The minimum Gasteiger partial charge on any atom is -0.399 e. The smallest absolute Gasteiger partial charge is 0.399 e. The van der Waals surface area contributed by atoms with E-state index in [1.165, 1.54) is 5.56 Å². The van der Waals surface area contributed by atoms with Crippen LogP contribution in [-0.2, 0) is 15.7 Å². The molecule has 2 rings (SSSR count). The van der Waals surface area contributed by atoms with Crippen LogP contribution in [0.4, 0.5) is 0 Å². The van der Waals surface area contributed by atoms with E-state index >= 15 is 0 Å². The summed E-state index contributed by atoms with van der Waals surface area (Å²) < 4.78 is 12.1. The van der Waals surface area contributed by atoms with Gasteiger partial charge in [0.2, 0.25) is 0 Å². The van der Waals surface area contributed by atoms with Gasteiger partial charge in [-0.05, 0) is 46.6 Å². The summed E-state index contributed by atoms with van der Waals surface area (Å²) in [5.74, 6) is 0. The molecule has 0 bridgehead atoms. The molecule has 1 aliphatic rings. The van der Waals surface area contributed by atoms with Crippen LogP contribution in [0, 0.1) is 6.92 Å². The van der Waals surface area contributed by atoms with Crippen LogP contribution in [0.3, 0.4) is 0 Å². The molecule has 2 heterocycles. The second kappa shape index (κ2) is 4.35. The molecule has 1 saturated heterocycles. The highest BCUT2D eigenvalue weighted by atomic mass is 16.7. The average molecular weight is 247 g/mol. The van der Waals surface area contributed by atoms with Crippen LogP contribution in [0.25, 0.3) is 0 Å². The maximum Gasteiger partial charge on any atom is 0.496 e. The van der Waals surface area contributed by atoms with Gasteiger partial charge in [0.1, 0.15) is 0 Å². The van der Waals surface area contributed by atoms with Crippen molar-refractivity contribution >= 4 is 12.6 Å². The summed E-state index contributed by atoms with van der Waals surface area (Å²) in [5.41, 5.74) is 2.64. The Bertz CT molecular complexity index is 441.